The zero-order valence-corrected chi connectivity index (χ0v) is 13.7. The van der Waals surface area contributed by atoms with Gasteiger partial charge in [-0.1, -0.05) is 0 Å². The van der Waals surface area contributed by atoms with Gasteiger partial charge < -0.3 is 24.8 Å². The molecule has 0 saturated heterocycles. The van der Waals surface area contributed by atoms with Gasteiger partial charge in [0.2, 0.25) is 0 Å². The summed E-state index contributed by atoms with van der Waals surface area (Å²) in [5.74, 6) is -0.552. The highest BCUT2D eigenvalue weighted by atomic mass is 16.5. The molecule has 2 N–H and O–H groups in total. The molecule has 0 aliphatic heterocycles. The van der Waals surface area contributed by atoms with Crippen molar-refractivity contribution in [1.82, 2.24) is 10.6 Å². The Morgan fingerprint density at radius 3 is 1.65 bits per heavy atom. The van der Waals surface area contributed by atoms with E-state index in [0.717, 1.165) is 49.9 Å². The lowest BCUT2D eigenvalue weighted by Gasteiger charge is -2.13. The van der Waals surface area contributed by atoms with Crippen molar-refractivity contribution >= 4 is 11.9 Å². The van der Waals surface area contributed by atoms with Crippen molar-refractivity contribution in [3.63, 3.8) is 0 Å². The molecular weight excluding hydrogens is 300 g/mol. The maximum Gasteiger partial charge on any atom is 0.335 e. The number of esters is 2. The van der Waals surface area contributed by atoms with E-state index >= 15 is 0 Å². The number of rotatable bonds is 8. The molecule has 2 aliphatic rings. The largest absolute Gasteiger partial charge is 0.466 e. The third-order valence-electron chi connectivity index (χ3n) is 4.07. The van der Waals surface area contributed by atoms with Crippen molar-refractivity contribution in [2.75, 3.05) is 27.7 Å². The molecule has 0 bridgehead atoms. The summed E-state index contributed by atoms with van der Waals surface area (Å²) in [6, 6.07) is 0. The van der Waals surface area contributed by atoms with Gasteiger partial charge >= 0.3 is 11.9 Å². The smallest absolute Gasteiger partial charge is 0.335 e. The normalized spacial score (nSPS) is 17.5. The lowest BCUT2D eigenvalue weighted by molar-refractivity contribution is -0.137. The summed E-state index contributed by atoms with van der Waals surface area (Å²) < 4.78 is 15.0. The average molecular weight is 324 g/mol. The number of carbonyl (C=O) groups excluding carboxylic acids is 2. The molecule has 0 spiro atoms. The van der Waals surface area contributed by atoms with Crippen LogP contribution in [0, 0.1) is 0 Å². The van der Waals surface area contributed by atoms with E-state index in [9.17, 15) is 9.59 Å². The van der Waals surface area contributed by atoms with Crippen LogP contribution >= 0.6 is 0 Å². The van der Waals surface area contributed by atoms with Gasteiger partial charge in [-0.05, 0) is 38.5 Å². The Balaban J connectivity index is 1.74. The average Bonchev–Trinajstić information content (AvgIpc) is 3.22. The van der Waals surface area contributed by atoms with E-state index in [1.165, 1.54) is 14.2 Å². The van der Waals surface area contributed by atoms with Crippen molar-refractivity contribution < 1.29 is 23.8 Å². The van der Waals surface area contributed by atoms with E-state index in [2.05, 4.69) is 10.6 Å². The Bertz CT molecular complexity index is 479. The van der Waals surface area contributed by atoms with Gasteiger partial charge in [0.15, 0.2) is 0 Å². The molecule has 2 aliphatic carbocycles. The molecule has 0 aromatic carbocycles. The first kappa shape index (κ1) is 17.3. The zero-order valence-electron chi connectivity index (χ0n) is 13.7. The molecule has 2 rings (SSSR count). The van der Waals surface area contributed by atoms with Gasteiger partial charge in [-0.15, -0.1) is 0 Å². The summed E-state index contributed by atoms with van der Waals surface area (Å²) in [6.07, 6.45) is 5.03. The minimum atomic E-state index is -0.276. The molecule has 0 atom stereocenters. The van der Waals surface area contributed by atoms with E-state index in [-0.39, 0.29) is 11.9 Å². The third kappa shape index (κ3) is 4.48. The van der Waals surface area contributed by atoms with Gasteiger partial charge in [-0.2, -0.15) is 0 Å². The molecule has 0 fully saturated rings. The molecule has 0 unspecified atom stereocenters. The fourth-order valence-electron chi connectivity index (χ4n) is 2.90. The molecule has 7 heteroatoms. The monoisotopic (exact) mass is 324 g/mol. The van der Waals surface area contributed by atoms with E-state index < -0.39 is 0 Å². The van der Waals surface area contributed by atoms with E-state index in [4.69, 9.17) is 14.2 Å². The molecule has 0 aromatic heterocycles. The Hall–Kier alpha value is -2.02. The number of hydrogen-bond donors (Lipinski definition) is 2. The summed E-state index contributed by atoms with van der Waals surface area (Å²) in [5, 5.41) is 6.25. The lowest BCUT2D eigenvalue weighted by atomic mass is 10.2. The van der Waals surface area contributed by atoms with Crippen LogP contribution in [0.4, 0.5) is 0 Å². The molecule has 128 valence electrons. The quantitative estimate of drug-likeness (QED) is 0.395. The molecule has 0 aromatic rings. The fourth-order valence-corrected chi connectivity index (χ4v) is 2.90. The van der Waals surface area contributed by atoms with Crippen LogP contribution in [0.5, 0.6) is 0 Å². The van der Waals surface area contributed by atoms with Crippen molar-refractivity contribution in [2.24, 2.45) is 0 Å². The van der Waals surface area contributed by atoms with Crippen LogP contribution in [0.15, 0.2) is 22.5 Å². The minimum absolute atomic E-state index is 0.276. The van der Waals surface area contributed by atoms with Gasteiger partial charge in [0, 0.05) is 11.4 Å². The summed E-state index contributed by atoms with van der Waals surface area (Å²) in [4.78, 5) is 23.2. The topological polar surface area (TPSA) is 85.9 Å². The van der Waals surface area contributed by atoms with Crippen LogP contribution in [-0.2, 0) is 23.8 Å². The number of ether oxygens (including phenoxy) is 3. The molecule has 0 saturated carbocycles. The van der Waals surface area contributed by atoms with Gasteiger partial charge in [0.1, 0.15) is 13.5 Å². The van der Waals surface area contributed by atoms with Crippen molar-refractivity contribution in [1.29, 1.82) is 0 Å². The second-order valence-electron chi connectivity index (χ2n) is 5.45. The SMILES string of the molecule is COC(=O)C1=C(NCOCNC2=C(C(=O)OC)CCC2)CCC1. The predicted molar refractivity (Wildman–Crippen MR) is 82.9 cm³/mol. The van der Waals surface area contributed by atoms with Crippen LogP contribution in [0.2, 0.25) is 0 Å². The second-order valence-corrected chi connectivity index (χ2v) is 5.45. The highest BCUT2D eigenvalue weighted by Gasteiger charge is 2.22. The first-order valence-corrected chi connectivity index (χ1v) is 7.83. The van der Waals surface area contributed by atoms with Crippen LogP contribution in [0.25, 0.3) is 0 Å². The number of nitrogens with one attached hydrogen (secondary N) is 2. The van der Waals surface area contributed by atoms with Crippen molar-refractivity contribution in [3.05, 3.63) is 22.5 Å². The van der Waals surface area contributed by atoms with Gasteiger partial charge in [-0.25, -0.2) is 9.59 Å². The van der Waals surface area contributed by atoms with E-state index in [0.29, 0.717) is 24.6 Å². The van der Waals surface area contributed by atoms with Crippen LogP contribution in [0.1, 0.15) is 38.5 Å². The Morgan fingerprint density at radius 1 is 0.826 bits per heavy atom. The van der Waals surface area contributed by atoms with Gasteiger partial charge in [0.25, 0.3) is 0 Å². The maximum atomic E-state index is 11.6. The van der Waals surface area contributed by atoms with Crippen LogP contribution < -0.4 is 10.6 Å². The fraction of sp³-hybridized carbons (Fsp3) is 0.625. The van der Waals surface area contributed by atoms with Crippen molar-refractivity contribution in [3.8, 4) is 0 Å². The number of allylic oxidation sites excluding steroid dienone is 2. The van der Waals surface area contributed by atoms with Crippen molar-refractivity contribution in [2.45, 2.75) is 38.5 Å². The summed E-state index contributed by atoms with van der Waals surface area (Å²) in [7, 11) is 2.78. The maximum absolute atomic E-state index is 11.6. The zero-order chi connectivity index (χ0) is 16.7. The molecule has 0 heterocycles. The minimum Gasteiger partial charge on any atom is -0.466 e. The summed E-state index contributed by atoms with van der Waals surface area (Å²) in [6.45, 7) is 0.591. The number of carbonyl (C=O) groups is 2. The highest BCUT2D eigenvalue weighted by molar-refractivity contribution is 5.90. The first-order valence-electron chi connectivity index (χ1n) is 7.83. The standard InChI is InChI=1S/C16H24N2O5/c1-21-15(19)11-5-3-7-13(11)17-9-23-10-18-14-8-4-6-12(14)16(20)22-2/h17-18H,3-10H2,1-2H3. The number of methoxy groups -OCH3 is 2. The Morgan fingerprint density at radius 2 is 1.26 bits per heavy atom. The highest BCUT2D eigenvalue weighted by Crippen LogP contribution is 2.25. The second kappa shape index (κ2) is 8.57. The molecule has 0 amide bonds. The molecule has 0 radical (unpaired) electrons. The molecular formula is C16H24N2O5. The Labute approximate surface area is 136 Å². The summed E-state index contributed by atoms with van der Waals surface area (Å²) in [5.41, 5.74) is 3.20. The first-order chi connectivity index (χ1) is 11.2. The molecule has 23 heavy (non-hydrogen) atoms. The van der Waals surface area contributed by atoms with E-state index in [1.807, 2.05) is 0 Å². The van der Waals surface area contributed by atoms with E-state index in [1.54, 1.807) is 0 Å². The van der Waals surface area contributed by atoms with Gasteiger partial charge in [0.05, 0.1) is 25.4 Å². The van der Waals surface area contributed by atoms with Crippen LogP contribution in [-0.4, -0.2) is 39.6 Å². The number of hydrogen-bond acceptors (Lipinski definition) is 7. The van der Waals surface area contributed by atoms with Crippen LogP contribution in [0.3, 0.4) is 0 Å². The Kier molecular flexibility index (Phi) is 6.46. The lowest BCUT2D eigenvalue weighted by Crippen LogP contribution is -2.25. The predicted octanol–water partition coefficient (Wildman–Crippen LogP) is 1.32. The van der Waals surface area contributed by atoms with Gasteiger partial charge in [-0.3, -0.25) is 0 Å². The third-order valence-corrected chi connectivity index (χ3v) is 4.07. The molecule has 7 nitrogen and oxygen atoms in total. The summed E-state index contributed by atoms with van der Waals surface area (Å²) >= 11 is 0.